The van der Waals surface area contributed by atoms with E-state index in [2.05, 4.69) is 20.0 Å². The lowest BCUT2D eigenvalue weighted by Crippen LogP contribution is -1.97. The van der Waals surface area contributed by atoms with Gasteiger partial charge < -0.3 is 4.84 Å². The molecule has 0 spiro atoms. The van der Waals surface area contributed by atoms with Crippen molar-refractivity contribution in [3.8, 4) is 6.07 Å². The average Bonchev–Trinajstić information content (AvgIpc) is 2.18. The van der Waals surface area contributed by atoms with Gasteiger partial charge in [-0.3, -0.25) is 4.98 Å². The summed E-state index contributed by atoms with van der Waals surface area (Å²) in [5, 5.41) is 11.9. The molecular weight excluding hydrogens is 184 g/mol. The number of oxime groups is 1. The number of nitrogens with zero attached hydrogens (tertiary/aromatic N) is 4. The minimum Gasteiger partial charge on any atom is -0.319 e. The number of hydrogen-bond donors (Lipinski definition) is 0. The molecule has 1 aromatic heterocycles. The van der Waals surface area contributed by atoms with Gasteiger partial charge in [0.15, 0.2) is 5.69 Å². The van der Waals surface area contributed by atoms with Crippen molar-refractivity contribution in [3.63, 3.8) is 0 Å². The fraction of sp³-hybridized carbons (Fsp3) is 0.125. The van der Waals surface area contributed by atoms with E-state index in [9.17, 15) is 4.79 Å². The maximum Gasteiger partial charge on any atom is 0.331 e. The van der Waals surface area contributed by atoms with Gasteiger partial charge in [-0.15, -0.1) is 0 Å². The summed E-state index contributed by atoms with van der Waals surface area (Å²) in [7, 11) is 0. The van der Waals surface area contributed by atoms with Crippen LogP contribution >= 0.6 is 0 Å². The molecule has 0 aromatic carbocycles. The summed E-state index contributed by atoms with van der Waals surface area (Å²) in [4.78, 5) is 22.2. The lowest BCUT2D eigenvalue weighted by atomic mass is 10.3. The van der Waals surface area contributed by atoms with Crippen LogP contribution in [0, 0.1) is 11.3 Å². The predicted octanol–water partition coefficient (Wildman–Crippen LogP) is 0.245. The molecule has 0 atom stereocenters. The van der Waals surface area contributed by atoms with E-state index in [0.717, 1.165) is 6.21 Å². The summed E-state index contributed by atoms with van der Waals surface area (Å²) in [6.07, 6.45) is 3.96. The van der Waals surface area contributed by atoms with E-state index in [1.807, 2.05) is 6.07 Å². The third-order valence-corrected chi connectivity index (χ3v) is 1.19. The average molecular weight is 190 g/mol. The highest BCUT2D eigenvalue weighted by Gasteiger charge is 2.00. The Balaban J connectivity index is 2.81. The molecule has 14 heavy (non-hydrogen) atoms. The lowest BCUT2D eigenvalue weighted by molar-refractivity contribution is -0.140. The lowest BCUT2D eigenvalue weighted by Gasteiger charge is -1.92. The molecule has 6 heteroatoms. The first-order valence-electron chi connectivity index (χ1n) is 3.66. The smallest absolute Gasteiger partial charge is 0.319 e. The number of carbonyl (C=O) groups excluding carboxylic acids is 1. The van der Waals surface area contributed by atoms with Gasteiger partial charge in [-0.1, -0.05) is 5.16 Å². The highest BCUT2D eigenvalue weighted by atomic mass is 16.7. The molecule has 0 aliphatic carbocycles. The summed E-state index contributed by atoms with van der Waals surface area (Å²) in [5.41, 5.74) is 0.389. The first-order valence-corrected chi connectivity index (χ1v) is 3.66. The topological polar surface area (TPSA) is 88.2 Å². The van der Waals surface area contributed by atoms with Crippen LogP contribution in [0.5, 0.6) is 0 Å². The quantitative estimate of drug-likeness (QED) is 0.378. The molecule has 6 nitrogen and oxygen atoms in total. The molecule has 0 saturated carbocycles. The fourth-order valence-corrected chi connectivity index (χ4v) is 0.680. The van der Waals surface area contributed by atoms with E-state index in [-0.39, 0.29) is 11.4 Å². The maximum absolute atomic E-state index is 10.4. The Kier molecular flexibility index (Phi) is 3.27. The van der Waals surface area contributed by atoms with E-state index in [1.165, 1.54) is 19.3 Å². The Morgan fingerprint density at radius 3 is 3.00 bits per heavy atom. The number of rotatable bonds is 2. The minimum atomic E-state index is -0.538. The summed E-state index contributed by atoms with van der Waals surface area (Å²) < 4.78 is 0. The molecule has 0 amide bonds. The van der Waals surface area contributed by atoms with Crippen molar-refractivity contribution in [2.45, 2.75) is 6.92 Å². The van der Waals surface area contributed by atoms with Crippen molar-refractivity contribution in [2.75, 3.05) is 0 Å². The summed E-state index contributed by atoms with van der Waals surface area (Å²) in [6.45, 7) is 1.22. The molecule has 0 aliphatic heterocycles. The second-order valence-corrected chi connectivity index (χ2v) is 2.22. The van der Waals surface area contributed by atoms with Crippen molar-refractivity contribution in [1.82, 2.24) is 9.97 Å². The Bertz CT molecular complexity index is 408. The molecule has 1 heterocycles. The molecular formula is C8H6N4O2. The van der Waals surface area contributed by atoms with Gasteiger partial charge in [-0.2, -0.15) is 5.26 Å². The summed E-state index contributed by atoms with van der Waals surface area (Å²) in [5.74, 6) is -0.538. The SMILES string of the molecule is CC(=O)ON=Cc1nccnc1C#N. The van der Waals surface area contributed by atoms with Gasteiger partial charge in [0.25, 0.3) is 0 Å². The first kappa shape index (κ1) is 9.80. The summed E-state index contributed by atoms with van der Waals surface area (Å²) in [6, 6.07) is 1.83. The van der Waals surface area contributed by atoms with E-state index in [4.69, 9.17) is 5.26 Å². The molecule has 0 fully saturated rings. The number of carbonyl (C=O) groups is 1. The maximum atomic E-state index is 10.4. The third-order valence-electron chi connectivity index (χ3n) is 1.19. The molecule has 0 aliphatic rings. The van der Waals surface area contributed by atoms with Crippen LogP contribution < -0.4 is 0 Å². The molecule has 0 bridgehead atoms. The van der Waals surface area contributed by atoms with Gasteiger partial charge in [-0.05, 0) is 0 Å². The standard InChI is InChI=1S/C8H6N4O2/c1-6(13)14-12-5-8-7(4-9)10-2-3-11-8/h2-3,5H,1H3. The Labute approximate surface area is 79.8 Å². The van der Waals surface area contributed by atoms with Gasteiger partial charge in [0.05, 0.1) is 6.21 Å². The number of nitriles is 1. The minimum absolute atomic E-state index is 0.128. The fourth-order valence-electron chi connectivity index (χ4n) is 0.680. The van der Waals surface area contributed by atoms with Crippen LogP contribution in [0.2, 0.25) is 0 Å². The zero-order valence-corrected chi connectivity index (χ0v) is 7.34. The molecule has 0 N–H and O–H groups in total. The van der Waals surface area contributed by atoms with Crippen molar-refractivity contribution >= 4 is 12.2 Å². The highest BCUT2D eigenvalue weighted by Crippen LogP contribution is 1.95. The zero-order chi connectivity index (χ0) is 10.4. The van der Waals surface area contributed by atoms with Gasteiger partial charge in [0.1, 0.15) is 11.8 Å². The van der Waals surface area contributed by atoms with Gasteiger partial charge in [-0.25, -0.2) is 9.78 Å². The van der Waals surface area contributed by atoms with E-state index < -0.39 is 5.97 Å². The van der Waals surface area contributed by atoms with Crippen LogP contribution in [0.4, 0.5) is 0 Å². The molecule has 1 aromatic rings. The van der Waals surface area contributed by atoms with Crippen molar-refractivity contribution < 1.29 is 9.63 Å². The van der Waals surface area contributed by atoms with Gasteiger partial charge >= 0.3 is 5.97 Å². The van der Waals surface area contributed by atoms with E-state index in [1.54, 1.807) is 0 Å². The van der Waals surface area contributed by atoms with Crippen molar-refractivity contribution in [3.05, 3.63) is 23.8 Å². The van der Waals surface area contributed by atoms with Crippen molar-refractivity contribution in [1.29, 1.82) is 5.26 Å². The monoisotopic (exact) mass is 190 g/mol. The van der Waals surface area contributed by atoms with Gasteiger partial charge in [0, 0.05) is 19.3 Å². The Morgan fingerprint density at radius 1 is 1.64 bits per heavy atom. The molecule has 70 valence electrons. The molecule has 1 rings (SSSR count). The molecule has 0 saturated heterocycles. The molecule has 0 radical (unpaired) electrons. The number of hydrogen-bond acceptors (Lipinski definition) is 6. The van der Waals surface area contributed by atoms with Crippen LogP contribution in [0.25, 0.3) is 0 Å². The predicted molar refractivity (Wildman–Crippen MR) is 46.1 cm³/mol. The second-order valence-electron chi connectivity index (χ2n) is 2.22. The van der Waals surface area contributed by atoms with Crippen LogP contribution in [0.1, 0.15) is 18.3 Å². The van der Waals surface area contributed by atoms with Gasteiger partial charge in [0.2, 0.25) is 0 Å². The number of aromatic nitrogens is 2. The normalized spacial score (nSPS) is 9.71. The van der Waals surface area contributed by atoms with Crippen LogP contribution in [-0.2, 0) is 9.63 Å². The third kappa shape index (κ3) is 2.64. The largest absolute Gasteiger partial charge is 0.331 e. The van der Waals surface area contributed by atoms with E-state index in [0.29, 0.717) is 0 Å². The van der Waals surface area contributed by atoms with Crippen molar-refractivity contribution in [2.24, 2.45) is 5.16 Å². The van der Waals surface area contributed by atoms with Crippen LogP contribution in [-0.4, -0.2) is 22.2 Å². The van der Waals surface area contributed by atoms with E-state index >= 15 is 0 Å². The Morgan fingerprint density at radius 2 is 2.36 bits per heavy atom. The molecule has 0 unspecified atom stereocenters. The van der Waals surface area contributed by atoms with Crippen LogP contribution in [0.3, 0.4) is 0 Å². The second kappa shape index (κ2) is 4.67. The zero-order valence-electron chi connectivity index (χ0n) is 7.34. The highest BCUT2D eigenvalue weighted by molar-refractivity contribution is 5.79. The summed E-state index contributed by atoms with van der Waals surface area (Å²) >= 11 is 0. The Hall–Kier alpha value is -2.29. The first-order chi connectivity index (χ1) is 6.74. The van der Waals surface area contributed by atoms with Crippen LogP contribution in [0.15, 0.2) is 17.5 Å².